The molecule has 5 nitrogen and oxygen atoms in total. The number of hydrogen-bond acceptors (Lipinski definition) is 4. The highest BCUT2D eigenvalue weighted by Crippen LogP contribution is 2.17. The predicted octanol–water partition coefficient (Wildman–Crippen LogP) is 2.51. The number of rotatable bonds is 4. The molecule has 2 aromatic rings. The molecular formula is C17H17N3O2. The first-order valence-corrected chi connectivity index (χ1v) is 7.06. The van der Waals surface area contributed by atoms with Crippen molar-refractivity contribution < 1.29 is 9.53 Å². The van der Waals surface area contributed by atoms with Gasteiger partial charge in [0.2, 0.25) is 5.96 Å². The minimum atomic E-state index is -0.000125. The monoisotopic (exact) mass is 295 g/mol. The summed E-state index contributed by atoms with van der Waals surface area (Å²) in [5.41, 5.74) is 1.94. The lowest BCUT2D eigenvalue weighted by molar-refractivity contribution is -0.125. The van der Waals surface area contributed by atoms with E-state index in [1.807, 2.05) is 54.6 Å². The van der Waals surface area contributed by atoms with Crippen LogP contribution < -0.4 is 10.1 Å². The molecule has 0 bridgehead atoms. The summed E-state index contributed by atoms with van der Waals surface area (Å²) >= 11 is 0. The van der Waals surface area contributed by atoms with Crippen LogP contribution in [-0.2, 0) is 11.3 Å². The number of benzene rings is 2. The van der Waals surface area contributed by atoms with Crippen LogP contribution in [0.5, 0.6) is 5.75 Å². The Morgan fingerprint density at radius 3 is 2.55 bits per heavy atom. The van der Waals surface area contributed by atoms with Crippen LogP contribution in [0.2, 0.25) is 0 Å². The van der Waals surface area contributed by atoms with E-state index in [0.717, 1.165) is 17.0 Å². The molecule has 2 aromatic carbocycles. The van der Waals surface area contributed by atoms with Gasteiger partial charge in [-0.2, -0.15) is 0 Å². The highest BCUT2D eigenvalue weighted by molar-refractivity contribution is 6.08. The molecule has 1 heterocycles. The summed E-state index contributed by atoms with van der Waals surface area (Å²) in [6.45, 7) is 0.701. The highest BCUT2D eigenvalue weighted by Gasteiger charge is 2.25. The van der Waals surface area contributed by atoms with E-state index in [-0.39, 0.29) is 12.5 Å². The Hall–Kier alpha value is -2.82. The molecule has 1 aliphatic rings. The van der Waals surface area contributed by atoms with Crippen molar-refractivity contribution in [2.24, 2.45) is 4.99 Å². The molecule has 112 valence electrons. The molecule has 0 saturated carbocycles. The van der Waals surface area contributed by atoms with Gasteiger partial charge in [-0.25, -0.2) is 4.99 Å². The lowest BCUT2D eigenvalue weighted by Crippen LogP contribution is -2.36. The van der Waals surface area contributed by atoms with E-state index in [2.05, 4.69) is 10.3 Å². The maximum absolute atomic E-state index is 12.0. The Bertz CT molecular complexity index is 681. The second-order valence-corrected chi connectivity index (χ2v) is 4.96. The summed E-state index contributed by atoms with van der Waals surface area (Å²) < 4.78 is 5.13. The first kappa shape index (κ1) is 14.1. The summed E-state index contributed by atoms with van der Waals surface area (Å²) in [5.74, 6) is 1.37. The van der Waals surface area contributed by atoms with Crippen molar-refractivity contribution in [1.82, 2.24) is 4.90 Å². The van der Waals surface area contributed by atoms with E-state index < -0.39 is 0 Å². The fourth-order valence-electron chi connectivity index (χ4n) is 2.27. The maximum atomic E-state index is 12.0. The number of anilines is 1. The number of aliphatic imine (C=N–C) groups is 1. The Morgan fingerprint density at radius 2 is 1.86 bits per heavy atom. The standard InChI is InChI=1S/C17H17N3O2/c1-22-15-9-7-14(8-10-15)19-17-18-11-16(21)20(17)12-13-5-3-2-4-6-13/h2-10H,11-12H2,1H3,(H,18,19). The van der Waals surface area contributed by atoms with Crippen LogP contribution in [0.4, 0.5) is 5.69 Å². The first-order valence-electron chi connectivity index (χ1n) is 7.06. The number of carbonyl (C=O) groups excluding carboxylic acids is 1. The van der Waals surface area contributed by atoms with Gasteiger partial charge in [-0.05, 0) is 29.8 Å². The summed E-state index contributed by atoms with van der Waals surface area (Å²) in [6.07, 6.45) is 0. The molecule has 3 rings (SSSR count). The minimum absolute atomic E-state index is 0.000125. The van der Waals surface area contributed by atoms with Gasteiger partial charge in [0, 0.05) is 5.69 Å². The molecule has 0 aromatic heterocycles. The zero-order valence-electron chi connectivity index (χ0n) is 12.3. The summed E-state index contributed by atoms with van der Waals surface area (Å²) in [6, 6.07) is 17.4. The predicted molar refractivity (Wildman–Crippen MR) is 85.9 cm³/mol. The van der Waals surface area contributed by atoms with Crippen LogP contribution >= 0.6 is 0 Å². The van der Waals surface area contributed by atoms with Crippen molar-refractivity contribution in [3.63, 3.8) is 0 Å². The molecule has 0 saturated heterocycles. The topological polar surface area (TPSA) is 53.9 Å². The quantitative estimate of drug-likeness (QED) is 0.943. The molecule has 1 aliphatic heterocycles. The number of nitrogens with zero attached hydrogens (tertiary/aromatic N) is 2. The number of guanidine groups is 1. The Morgan fingerprint density at radius 1 is 1.14 bits per heavy atom. The molecule has 5 heteroatoms. The normalized spacial score (nSPS) is 14.0. The zero-order chi connectivity index (χ0) is 15.4. The average molecular weight is 295 g/mol. The molecule has 0 atom stereocenters. The summed E-state index contributed by atoms with van der Waals surface area (Å²) in [5, 5.41) is 3.19. The molecule has 0 aliphatic carbocycles. The van der Waals surface area contributed by atoms with Crippen molar-refractivity contribution in [3.8, 4) is 5.75 Å². The molecule has 0 spiro atoms. The highest BCUT2D eigenvalue weighted by atomic mass is 16.5. The van der Waals surface area contributed by atoms with Gasteiger partial charge in [-0.1, -0.05) is 30.3 Å². The van der Waals surface area contributed by atoms with Crippen molar-refractivity contribution in [1.29, 1.82) is 0 Å². The van der Waals surface area contributed by atoms with E-state index >= 15 is 0 Å². The van der Waals surface area contributed by atoms with E-state index in [0.29, 0.717) is 12.5 Å². The van der Waals surface area contributed by atoms with E-state index in [4.69, 9.17) is 4.74 Å². The van der Waals surface area contributed by atoms with Gasteiger partial charge in [0.05, 0.1) is 13.7 Å². The molecule has 1 amide bonds. The SMILES string of the molecule is COc1ccc(NC2=NCC(=O)N2Cc2ccccc2)cc1. The largest absolute Gasteiger partial charge is 0.497 e. The molecule has 0 fully saturated rings. The number of amides is 1. The molecule has 1 N–H and O–H groups in total. The van der Waals surface area contributed by atoms with Crippen LogP contribution in [0, 0.1) is 0 Å². The average Bonchev–Trinajstić information content (AvgIpc) is 2.90. The van der Waals surface area contributed by atoms with Gasteiger partial charge in [0.15, 0.2) is 0 Å². The van der Waals surface area contributed by atoms with Crippen molar-refractivity contribution >= 4 is 17.6 Å². The Balaban J connectivity index is 1.72. The first-order chi connectivity index (χ1) is 10.8. The van der Waals surface area contributed by atoms with Crippen LogP contribution in [0.25, 0.3) is 0 Å². The molecule has 22 heavy (non-hydrogen) atoms. The van der Waals surface area contributed by atoms with Gasteiger partial charge < -0.3 is 10.1 Å². The third-order valence-electron chi connectivity index (χ3n) is 3.45. The number of methoxy groups -OCH3 is 1. The van der Waals surface area contributed by atoms with Gasteiger partial charge in [0.25, 0.3) is 5.91 Å². The number of ether oxygens (including phenoxy) is 1. The van der Waals surface area contributed by atoms with Crippen molar-refractivity contribution in [2.45, 2.75) is 6.54 Å². The molecular weight excluding hydrogens is 278 g/mol. The molecule has 0 unspecified atom stereocenters. The number of carbonyl (C=O) groups is 1. The Labute approximate surface area is 129 Å². The third kappa shape index (κ3) is 3.09. The lowest BCUT2D eigenvalue weighted by Gasteiger charge is -2.19. The third-order valence-corrected chi connectivity index (χ3v) is 3.45. The smallest absolute Gasteiger partial charge is 0.251 e. The van der Waals surface area contributed by atoms with Crippen LogP contribution in [-0.4, -0.2) is 30.4 Å². The molecule has 0 radical (unpaired) electrons. The van der Waals surface area contributed by atoms with Crippen LogP contribution in [0.1, 0.15) is 5.56 Å². The van der Waals surface area contributed by atoms with Gasteiger partial charge in [0.1, 0.15) is 12.3 Å². The van der Waals surface area contributed by atoms with E-state index in [1.54, 1.807) is 12.0 Å². The van der Waals surface area contributed by atoms with Gasteiger partial charge >= 0.3 is 0 Å². The fourth-order valence-corrected chi connectivity index (χ4v) is 2.27. The van der Waals surface area contributed by atoms with Crippen molar-refractivity contribution in [2.75, 3.05) is 19.0 Å². The minimum Gasteiger partial charge on any atom is -0.497 e. The maximum Gasteiger partial charge on any atom is 0.251 e. The summed E-state index contributed by atoms with van der Waals surface area (Å²) in [4.78, 5) is 18.0. The summed E-state index contributed by atoms with van der Waals surface area (Å²) in [7, 11) is 1.63. The van der Waals surface area contributed by atoms with Crippen LogP contribution in [0.3, 0.4) is 0 Å². The van der Waals surface area contributed by atoms with Crippen molar-refractivity contribution in [3.05, 3.63) is 60.2 Å². The second kappa shape index (κ2) is 6.30. The second-order valence-electron chi connectivity index (χ2n) is 4.96. The van der Waals surface area contributed by atoms with E-state index in [9.17, 15) is 4.79 Å². The lowest BCUT2D eigenvalue weighted by atomic mass is 10.2. The number of nitrogens with one attached hydrogen (secondary N) is 1. The van der Waals surface area contributed by atoms with Gasteiger partial charge in [-0.3, -0.25) is 9.69 Å². The van der Waals surface area contributed by atoms with E-state index in [1.165, 1.54) is 0 Å². The zero-order valence-corrected chi connectivity index (χ0v) is 12.3. The Kier molecular flexibility index (Phi) is 4.05. The van der Waals surface area contributed by atoms with Gasteiger partial charge in [-0.15, -0.1) is 0 Å². The fraction of sp³-hybridized carbons (Fsp3) is 0.176. The van der Waals surface area contributed by atoms with Crippen LogP contribution in [0.15, 0.2) is 59.6 Å². The number of hydrogen-bond donors (Lipinski definition) is 1.